The van der Waals surface area contributed by atoms with Crippen molar-refractivity contribution in [3.8, 4) is 0 Å². The molecule has 0 radical (unpaired) electrons. The molecule has 31 heavy (non-hydrogen) atoms. The monoisotopic (exact) mass is 429 g/mol. The molecule has 0 aliphatic carbocycles. The van der Waals surface area contributed by atoms with Crippen molar-refractivity contribution >= 4 is 34.1 Å². The van der Waals surface area contributed by atoms with Gasteiger partial charge in [0.2, 0.25) is 0 Å². The van der Waals surface area contributed by atoms with E-state index < -0.39 is 34.2 Å². The molecule has 1 fully saturated rings. The lowest BCUT2D eigenvalue weighted by atomic mass is 10.0. The van der Waals surface area contributed by atoms with E-state index >= 15 is 0 Å². The van der Waals surface area contributed by atoms with Crippen LogP contribution in [0, 0.1) is 23.3 Å². The summed E-state index contributed by atoms with van der Waals surface area (Å²) in [6.07, 6.45) is 5.97. The van der Waals surface area contributed by atoms with Crippen molar-refractivity contribution in [2.75, 3.05) is 24.7 Å². The highest BCUT2D eigenvalue weighted by molar-refractivity contribution is 6.36. The first-order chi connectivity index (χ1) is 15.0. The zero-order chi connectivity index (χ0) is 21.7. The van der Waals surface area contributed by atoms with Crippen molar-refractivity contribution in [3.05, 3.63) is 64.9 Å². The predicted octanol–water partition coefficient (Wildman–Crippen LogP) is 5.05. The van der Waals surface area contributed by atoms with Crippen molar-refractivity contribution < 1.29 is 22.4 Å². The van der Waals surface area contributed by atoms with E-state index in [0.29, 0.717) is 12.2 Å². The second-order valence-corrected chi connectivity index (χ2v) is 7.88. The lowest BCUT2D eigenvalue weighted by Gasteiger charge is -2.30. The molecule has 1 amide bonds. The van der Waals surface area contributed by atoms with E-state index in [4.69, 9.17) is 0 Å². The molecule has 0 unspecified atom stereocenters. The maximum atomic E-state index is 14.5. The maximum absolute atomic E-state index is 14.5. The van der Waals surface area contributed by atoms with E-state index in [1.165, 1.54) is 18.7 Å². The summed E-state index contributed by atoms with van der Waals surface area (Å²) in [5.74, 6) is -7.02. The van der Waals surface area contributed by atoms with Crippen molar-refractivity contribution in [3.63, 3.8) is 0 Å². The predicted molar refractivity (Wildman–Crippen MR) is 110 cm³/mol. The molecule has 3 aromatic rings. The van der Waals surface area contributed by atoms with Gasteiger partial charge >= 0.3 is 0 Å². The van der Waals surface area contributed by atoms with Gasteiger partial charge in [0.05, 0.1) is 17.9 Å². The Balaban J connectivity index is 1.60. The number of halogens is 4. The number of carbonyl (C=O) groups is 1. The summed E-state index contributed by atoms with van der Waals surface area (Å²) in [5, 5.41) is -0.427. The van der Waals surface area contributed by atoms with E-state index in [2.05, 4.69) is 9.88 Å². The van der Waals surface area contributed by atoms with Crippen LogP contribution in [-0.2, 0) is 4.79 Å². The van der Waals surface area contributed by atoms with Crippen LogP contribution >= 0.6 is 0 Å². The molecule has 2 aliphatic heterocycles. The molecule has 1 aromatic heterocycles. The number of rotatable bonds is 3. The minimum atomic E-state index is -1.88. The lowest BCUT2D eigenvalue weighted by molar-refractivity contribution is -0.113. The minimum absolute atomic E-state index is 0.0725. The number of anilines is 1. The van der Waals surface area contributed by atoms with Crippen molar-refractivity contribution in [2.24, 2.45) is 0 Å². The number of nitrogens with zero attached hydrogens (tertiary/aromatic N) is 2. The average Bonchev–Trinajstić information content (AvgIpc) is 3.32. The van der Waals surface area contributed by atoms with Crippen LogP contribution in [0.4, 0.5) is 23.2 Å². The number of fused-ring (bicyclic) bond motifs is 2. The van der Waals surface area contributed by atoms with Crippen LogP contribution in [0.15, 0.2) is 30.5 Å². The third-order valence-corrected chi connectivity index (χ3v) is 5.98. The summed E-state index contributed by atoms with van der Waals surface area (Å²) in [6.45, 7) is 2.25. The molecule has 0 spiro atoms. The third-order valence-electron chi connectivity index (χ3n) is 5.98. The smallest absolute Gasteiger partial charge is 0.260 e. The molecule has 8 heteroatoms. The molecule has 0 atom stereocenters. The van der Waals surface area contributed by atoms with Gasteiger partial charge in [-0.2, -0.15) is 0 Å². The third kappa shape index (κ3) is 3.13. The lowest BCUT2D eigenvalue weighted by Crippen LogP contribution is -2.42. The second kappa shape index (κ2) is 7.53. The van der Waals surface area contributed by atoms with Crippen LogP contribution in [0.25, 0.3) is 22.6 Å². The molecule has 5 rings (SSSR count). The number of aromatic amines is 1. The topological polar surface area (TPSA) is 39.3 Å². The second-order valence-electron chi connectivity index (χ2n) is 7.88. The summed E-state index contributed by atoms with van der Waals surface area (Å²) < 4.78 is 55.9. The minimum Gasteiger partial charge on any atom is -0.358 e. The van der Waals surface area contributed by atoms with Gasteiger partial charge < -0.3 is 4.98 Å². The van der Waals surface area contributed by atoms with Gasteiger partial charge in [0.25, 0.3) is 5.91 Å². The van der Waals surface area contributed by atoms with E-state index in [0.717, 1.165) is 31.6 Å². The van der Waals surface area contributed by atoms with E-state index in [9.17, 15) is 22.4 Å². The molecular weight excluding hydrogens is 410 g/mol. The number of hydrogen-bond acceptors (Lipinski definition) is 2. The summed E-state index contributed by atoms with van der Waals surface area (Å²) in [7, 11) is 0. The molecule has 0 bridgehead atoms. The Morgan fingerprint density at radius 1 is 0.935 bits per heavy atom. The van der Waals surface area contributed by atoms with Gasteiger partial charge in [-0.1, -0.05) is 24.6 Å². The first-order valence-corrected chi connectivity index (χ1v) is 10.2. The van der Waals surface area contributed by atoms with Crippen LogP contribution in [0.5, 0.6) is 0 Å². The van der Waals surface area contributed by atoms with E-state index in [1.54, 1.807) is 17.0 Å². The van der Waals surface area contributed by atoms with E-state index in [-0.39, 0.29) is 17.0 Å². The fourth-order valence-corrected chi connectivity index (χ4v) is 4.42. The summed E-state index contributed by atoms with van der Waals surface area (Å²) in [5.41, 5.74) is 1.27. The Kier molecular flexibility index (Phi) is 4.81. The standard InChI is InChI=1S/C23H19F4N3O/c24-18-17-13(11-28-22(17)21(27)20(26)19(18)25)10-15-14-6-2-3-7-16(14)30(23(15)31)12-29-8-4-1-5-9-29/h2-3,6-7,10-11,28H,1,4-5,8-9,12H2. The Morgan fingerprint density at radius 3 is 2.42 bits per heavy atom. The highest BCUT2D eigenvalue weighted by Gasteiger charge is 2.34. The Bertz CT molecular complexity index is 1230. The molecule has 4 nitrogen and oxygen atoms in total. The van der Waals surface area contributed by atoms with Crippen LogP contribution in [0.3, 0.4) is 0 Å². The number of nitrogens with one attached hydrogen (secondary N) is 1. The summed E-state index contributed by atoms with van der Waals surface area (Å²) in [6, 6.07) is 7.23. The molecule has 160 valence electrons. The first kappa shape index (κ1) is 19.8. The molecule has 0 saturated carbocycles. The number of hydrogen-bond donors (Lipinski definition) is 1. The number of H-pyrrole nitrogens is 1. The van der Waals surface area contributed by atoms with Gasteiger partial charge in [-0.25, -0.2) is 17.6 Å². The Hall–Kier alpha value is -3.13. The van der Waals surface area contributed by atoms with Crippen LogP contribution in [0.2, 0.25) is 0 Å². The number of likely N-dealkylation sites (tertiary alicyclic amines) is 1. The van der Waals surface area contributed by atoms with Gasteiger partial charge in [-0.15, -0.1) is 0 Å². The number of carbonyl (C=O) groups excluding carboxylic acids is 1. The molecule has 2 aliphatic rings. The quantitative estimate of drug-likeness (QED) is 0.274. The SMILES string of the molecule is O=C1C(=Cc2c[nH]c3c(F)c(F)c(F)c(F)c23)c2ccccc2N1CN1CCCCC1. The first-order valence-electron chi connectivity index (χ1n) is 10.2. The molecular formula is C23H19F4N3O. The van der Waals surface area contributed by atoms with Crippen LogP contribution in [0.1, 0.15) is 30.4 Å². The van der Waals surface area contributed by atoms with Crippen molar-refractivity contribution in [2.45, 2.75) is 19.3 Å². The van der Waals surface area contributed by atoms with Gasteiger partial charge in [-0.3, -0.25) is 14.6 Å². The van der Waals surface area contributed by atoms with Gasteiger partial charge in [-0.05, 0) is 38.1 Å². The zero-order valence-electron chi connectivity index (χ0n) is 16.5. The molecule has 1 N–H and O–H groups in total. The Labute approximate surface area is 175 Å². The number of amides is 1. The highest BCUT2D eigenvalue weighted by atomic mass is 19.2. The highest BCUT2D eigenvalue weighted by Crippen LogP contribution is 2.39. The molecule has 1 saturated heterocycles. The normalized spacial score (nSPS) is 18.4. The summed E-state index contributed by atoms with van der Waals surface area (Å²) in [4.78, 5) is 19.6. The average molecular weight is 429 g/mol. The summed E-state index contributed by atoms with van der Waals surface area (Å²) >= 11 is 0. The number of benzene rings is 2. The fraction of sp³-hybridized carbons (Fsp3) is 0.261. The zero-order valence-corrected chi connectivity index (χ0v) is 16.5. The van der Waals surface area contributed by atoms with E-state index in [1.807, 2.05) is 12.1 Å². The molecule has 3 heterocycles. The number of para-hydroxylation sites is 1. The fourth-order valence-electron chi connectivity index (χ4n) is 4.42. The van der Waals surface area contributed by atoms with Crippen molar-refractivity contribution in [1.29, 1.82) is 0 Å². The van der Waals surface area contributed by atoms with Crippen LogP contribution in [-0.4, -0.2) is 35.5 Å². The Morgan fingerprint density at radius 2 is 1.65 bits per heavy atom. The van der Waals surface area contributed by atoms with Crippen LogP contribution < -0.4 is 4.90 Å². The van der Waals surface area contributed by atoms with Gasteiger partial charge in [0.1, 0.15) is 0 Å². The number of piperidine rings is 1. The number of aromatic nitrogens is 1. The molecule has 2 aromatic carbocycles. The van der Waals surface area contributed by atoms with Gasteiger partial charge in [0, 0.05) is 28.3 Å². The van der Waals surface area contributed by atoms with Crippen molar-refractivity contribution in [1.82, 2.24) is 9.88 Å². The maximum Gasteiger partial charge on any atom is 0.260 e. The largest absolute Gasteiger partial charge is 0.358 e. The van der Waals surface area contributed by atoms with Gasteiger partial charge in [0.15, 0.2) is 23.3 Å².